The van der Waals surface area contributed by atoms with E-state index in [1.165, 1.54) is 25.3 Å². The maximum atomic E-state index is 13.8. The normalized spacial score (nSPS) is 10.2. The molecule has 110 valence electrons. The Balaban J connectivity index is 2.24. The Labute approximate surface area is 118 Å². The molecule has 0 saturated heterocycles. The van der Waals surface area contributed by atoms with Crippen molar-refractivity contribution < 1.29 is 23.2 Å². The SMILES string of the molecule is COc1cc(F)c(COc2cccc(F)c2)cc1[N+](=O)[O-]. The lowest BCUT2D eigenvalue weighted by molar-refractivity contribution is -0.385. The first-order valence-corrected chi connectivity index (χ1v) is 5.90. The van der Waals surface area contributed by atoms with Crippen LogP contribution in [-0.4, -0.2) is 12.0 Å². The first-order chi connectivity index (χ1) is 10.0. The highest BCUT2D eigenvalue weighted by atomic mass is 19.1. The lowest BCUT2D eigenvalue weighted by atomic mass is 10.2. The molecule has 7 heteroatoms. The molecule has 0 aromatic heterocycles. The number of benzene rings is 2. The molecule has 0 aliphatic carbocycles. The number of hydrogen-bond donors (Lipinski definition) is 0. The summed E-state index contributed by atoms with van der Waals surface area (Å²) < 4.78 is 36.8. The predicted molar refractivity (Wildman–Crippen MR) is 70.3 cm³/mol. The van der Waals surface area contributed by atoms with Crippen molar-refractivity contribution in [1.82, 2.24) is 0 Å². The Morgan fingerprint density at radius 2 is 2.00 bits per heavy atom. The molecule has 0 spiro atoms. The van der Waals surface area contributed by atoms with Crippen LogP contribution in [0.3, 0.4) is 0 Å². The Morgan fingerprint density at radius 1 is 1.24 bits per heavy atom. The van der Waals surface area contributed by atoms with Gasteiger partial charge >= 0.3 is 5.69 Å². The third-order valence-electron chi connectivity index (χ3n) is 2.74. The minimum atomic E-state index is -0.700. The van der Waals surface area contributed by atoms with Gasteiger partial charge in [-0.3, -0.25) is 10.1 Å². The van der Waals surface area contributed by atoms with Gasteiger partial charge < -0.3 is 9.47 Å². The number of nitro groups is 1. The van der Waals surface area contributed by atoms with Gasteiger partial charge in [0.15, 0.2) is 5.75 Å². The highest BCUT2D eigenvalue weighted by Crippen LogP contribution is 2.30. The van der Waals surface area contributed by atoms with Crippen molar-refractivity contribution in [1.29, 1.82) is 0 Å². The fourth-order valence-corrected chi connectivity index (χ4v) is 1.72. The van der Waals surface area contributed by atoms with Gasteiger partial charge in [-0.25, -0.2) is 8.78 Å². The zero-order valence-corrected chi connectivity index (χ0v) is 11.0. The van der Waals surface area contributed by atoms with E-state index in [0.717, 1.165) is 18.2 Å². The molecule has 0 bridgehead atoms. The molecule has 0 aliphatic rings. The number of hydrogen-bond acceptors (Lipinski definition) is 4. The Morgan fingerprint density at radius 3 is 2.62 bits per heavy atom. The molecule has 0 saturated carbocycles. The minimum Gasteiger partial charge on any atom is -0.490 e. The summed E-state index contributed by atoms with van der Waals surface area (Å²) in [6, 6.07) is 7.27. The van der Waals surface area contributed by atoms with E-state index in [9.17, 15) is 18.9 Å². The average molecular weight is 295 g/mol. The Hall–Kier alpha value is -2.70. The van der Waals surface area contributed by atoms with Crippen molar-refractivity contribution in [3.05, 3.63) is 63.7 Å². The van der Waals surface area contributed by atoms with Crippen LogP contribution in [0.2, 0.25) is 0 Å². The second kappa shape index (κ2) is 6.17. The summed E-state index contributed by atoms with van der Waals surface area (Å²) in [5.74, 6) is -1.16. The molecule has 0 N–H and O–H groups in total. The molecule has 21 heavy (non-hydrogen) atoms. The van der Waals surface area contributed by atoms with Crippen LogP contribution in [0.15, 0.2) is 36.4 Å². The van der Waals surface area contributed by atoms with Crippen LogP contribution in [0.5, 0.6) is 11.5 Å². The summed E-state index contributed by atoms with van der Waals surface area (Å²) in [6.45, 7) is -0.264. The smallest absolute Gasteiger partial charge is 0.311 e. The van der Waals surface area contributed by atoms with E-state index < -0.39 is 16.6 Å². The second-order valence-electron chi connectivity index (χ2n) is 4.12. The molecule has 2 aromatic carbocycles. The first-order valence-electron chi connectivity index (χ1n) is 5.90. The van der Waals surface area contributed by atoms with Crippen LogP contribution < -0.4 is 9.47 Å². The quantitative estimate of drug-likeness (QED) is 0.626. The number of ether oxygens (including phenoxy) is 2. The molecule has 2 rings (SSSR count). The van der Waals surface area contributed by atoms with Crippen molar-refractivity contribution in [3.8, 4) is 11.5 Å². The number of methoxy groups -OCH3 is 1. The molecule has 0 heterocycles. The van der Waals surface area contributed by atoms with Crippen LogP contribution in [0.1, 0.15) is 5.56 Å². The third-order valence-corrected chi connectivity index (χ3v) is 2.74. The average Bonchev–Trinajstić information content (AvgIpc) is 2.45. The number of nitro benzene ring substituents is 1. The minimum absolute atomic E-state index is 0.0215. The molecule has 0 aliphatic heterocycles. The van der Waals surface area contributed by atoms with Gasteiger partial charge in [0.2, 0.25) is 0 Å². The lowest BCUT2D eigenvalue weighted by Crippen LogP contribution is -2.02. The van der Waals surface area contributed by atoms with Gasteiger partial charge in [-0.1, -0.05) is 6.07 Å². The summed E-state index contributed by atoms with van der Waals surface area (Å²) in [7, 11) is 1.21. The highest BCUT2D eigenvalue weighted by Gasteiger charge is 2.19. The van der Waals surface area contributed by atoms with E-state index in [2.05, 4.69) is 0 Å². The zero-order valence-electron chi connectivity index (χ0n) is 11.0. The van der Waals surface area contributed by atoms with Crippen molar-refractivity contribution in [2.75, 3.05) is 7.11 Å². The monoisotopic (exact) mass is 295 g/mol. The molecule has 2 aromatic rings. The maximum Gasteiger partial charge on any atom is 0.311 e. The molecule has 0 amide bonds. The van der Waals surface area contributed by atoms with Gasteiger partial charge in [0, 0.05) is 23.8 Å². The summed E-state index contributed by atoms with van der Waals surface area (Å²) in [5, 5.41) is 10.9. The predicted octanol–water partition coefficient (Wildman–Crippen LogP) is 3.46. The number of halogens is 2. The van der Waals surface area contributed by atoms with Gasteiger partial charge in [0.1, 0.15) is 24.0 Å². The molecule has 0 radical (unpaired) electrons. The fourth-order valence-electron chi connectivity index (χ4n) is 1.72. The second-order valence-corrected chi connectivity index (χ2v) is 4.12. The van der Waals surface area contributed by atoms with Crippen LogP contribution >= 0.6 is 0 Å². The summed E-state index contributed by atoms with van der Waals surface area (Å²) in [5.41, 5.74) is -0.386. The van der Waals surface area contributed by atoms with Crippen molar-refractivity contribution in [2.45, 2.75) is 6.61 Å². The van der Waals surface area contributed by atoms with Crippen LogP contribution in [-0.2, 0) is 6.61 Å². The van der Waals surface area contributed by atoms with Gasteiger partial charge in [0.25, 0.3) is 0 Å². The van der Waals surface area contributed by atoms with Gasteiger partial charge in [-0.05, 0) is 12.1 Å². The lowest BCUT2D eigenvalue weighted by Gasteiger charge is -2.09. The van der Waals surface area contributed by atoms with E-state index in [1.807, 2.05) is 0 Å². The van der Waals surface area contributed by atoms with E-state index >= 15 is 0 Å². The van der Waals surface area contributed by atoms with Crippen molar-refractivity contribution >= 4 is 5.69 Å². The molecule has 5 nitrogen and oxygen atoms in total. The van der Waals surface area contributed by atoms with E-state index in [1.54, 1.807) is 0 Å². The van der Waals surface area contributed by atoms with Crippen molar-refractivity contribution in [2.24, 2.45) is 0 Å². The maximum absolute atomic E-state index is 13.8. The first kappa shape index (κ1) is 14.7. The van der Waals surface area contributed by atoms with Crippen molar-refractivity contribution in [3.63, 3.8) is 0 Å². The van der Waals surface area contributed by atoms with E-state index in [4.69, 9.17) is 9.47 Å². The van der Waals surface area contributed by atoms with Gasteiger partial charge in [-0.2, -0.15) is 0 Å². The summed E-state index contributed by atoms with van der Waals surface area (Å²) in [6.07, 6.45) is 0. The molecular weight excluding hydrogens is 284 g/mol. The molecule has 0 fully saturated rings. The summed E-state index contributed by atoms with van der Waals surface area (Å²) >= 11 is 0. The largest absolute Gasteiger partial charge is 0.490 e. The summed E-state index contributed by atoms with van der Waals surface area (Å²) in [4.78, 5) is 10.2. The topological polar surface area (TPSA) is 61.6 Å². The number of nitrogens with zero attached hydrogens (tertiary/aromatic N) is 1. The van der Waals surface area contributed by atoms with Crippen LogP contribution in [0.25, 0.3) is 0 Å². The molecule has 0 unspecified atom stereocenters. The van der Waals surface area contributed by atoms with E-state index in [0.29, 0.717) is 0 Å². The highest BCUT2D eigenvalue weighted by molar-refractivity contribution is 5.49. The van der Waals surface area contributed by atoms with E-state index in [-0.39, 0.29) is 29.4 Å². The third kappa shape index (κ3) is 3.44. The number of rotatable bonds is 5. The fraction of sp³-hybridized carbons (Fsp3) is 0.143. The Bertz CT molecular complexity index is 676. The van der Waals surface area contributed by atoms with Crippen LogP contribution in [0.4, 0.5) is 14.5 Å². The zero-order chi connectivity index (χ0) is 15.4. The molecular formula is C14H11F2NO4. The standard InChI is InChI=1S/C14H11F2NO4/c1-20-14-7-12(16)9(5-13(14)17(18)19)8-21-11-4-2-3-10(15)6-11/h2-7H,8H2,1H3. The van der Waals surface area contributed by atoms with Gasteiger partial charge in [0.05, 0.1) is 12.0 Å². The molecule has 0 atom stereocenters. The van der Waals surface area contributed by atoms with Gasteiger partial charge in [-0.15, -0.1) is 0 Å². The Kier molecular flexibility index (Phi) is 4.32. The van der Waals surface area contributed by atoms with Crippen LogP contribution in [0, 0.1) is 21.7 Å².